The molecule has 0 unspecified atom stereocenters. The summed E-state index contributed by atoms with van der Waals surface area (Å²) in [5.74, 6) is -1.47. The van der Waals surface area contributed by atoms with Crippen molar-refractivity contribution < 1.29 is 23.9 Å². The van der Waals surface area contributed by atoms with Gasteiger partial charge in [0.05, 0.1) is 12.7 Å². The average molecular weight is 381 g/mol. The summed E-state index contributed by atoms with van der Waals surface area (Å²) in [4.78, 5) is 35.7. The lowest BCUT2D eigenvalue weighted by molar-refractivity contribution is -0.148. The smallest absolute Gasteiger partial charge is 0.337 e. The molecule has 0 aliphatic rings. The number of aryl methyl sites for hydroxylation is 2. The second-order valence-corrected chi connectivity index (χ2v) is 6.28. The predicted molar refractivity (Wildman–Crippen MR) is 107 cm³/mol. The fourth-order valence-corrected chi connectivity index (χ4v) is 2.52. The third kappa shape index (κ3) is 5.54. The topological polar surface area (TPSA) is 81.7 Å². The summed E-state index contributed by atoms with van der Waals surface area (Å²) in [6, 6.07) is 12.2. The number of benzene rings is 2. The Morgan fingerprint density at radius 2 is 1.61 bits per heavy atom. The number of esters is 2. The Balaban J connectivity index is 1.93. The highest BCUT2D eigenvalue weighted by Crippen LogP contribution is 2.19. The van der Waals surface area contributed by atoms with Crippen molar-refractivity contribution in [3.05, 3.63) is 70.8 Å². The molecule has 1 amide bonds. The van der Waals surface area contributed by atoms with E-state index in [2.05, 4.69) is 10.1 Å². The number of amides is 1. The van der Waals surface area contributed by atoms with Crippen LogP contribution in [0.15, 0.2) is 48.5 Å². The lowest BCUT2D eigenvalue weighted by Crippen LogP contribution is -2.30. The van der Waals surface area contributed by atoms with E-state index in [4.69, 9.17) is 4.74 Å². The van der Waals surface area contributed by atoms with Crippen LogP contribution in [0, 0.1) is 13.8 Å². The number of hydrogen-bond acceptors (Lipinski definition) is 5. The molecule has 0 aromatic heterocycles. The molecule has 1 atom stereocenters. The van der Waals surface area contributed by atoms with Crippen molar-refractivity contribution in [3.8, 4) is 0 Å². The van der Waals surface area contributed by atoms with Crippen LogP contribution < -0.4 is 5.32 Å². The highest BCUT2D eigenvalue weighted by atomic mass is 16.5. The molecule has 0 aliphatic heterocycles. The van der Waals surface area contributed by atoms with Crippen molar-refractivity contribution in [2.24, 2.45) is 0 Å². The number of hydrogen-bond donors (Lipinski definition) is 1. The number of carbonyl (C=O) groups is 3. The van der Waals surface area contributed by atoms with Gasteiger partial charge in [0.2, 0.25) is 0 Å². The van der Waals surface area contributed by atoms with Crippen molar-refractivity contribution in [3.63, 3.8) is 0 Å². The first-order valence-electron chi connectivity index (χ1n) is 8.76. The minimum atomic E-state index is -0.946. The molecule has 2 rings (SSSR count). The molecule has 2 aromatic carbocycles. The van der Waals surface area contributed by atoms with Crippen LogP contribution in [-0.2, 0) is 19.1 Å². The van der Waals surface area contributed by atoms with Gasteiger partial charge in [0.15, 0.2) is 6.10 Å². The van der Waals surface area contributed by atoms with Crippen LogP contribution in [0.4, 0.5) is 5.69 Å². The van der Waals surface area contributed by atoms with Crippen molar-refractivity contribution >= 4 is 29.6 Å². The molecular formula is C22H23NO5. The average Bonchev–Trinajstić information content (AvgIpc) is 2.68. The molecule has 0 bridgehead atoms. The van der Waals surface area contributed by atoms with Crippen molar-refractivity contribution in [2.45, 2.75) is 26.9 Å². The Labute approximate surface area is 164 Å². The van der Waals surface area contributed by atoms with Gasteiger partial charge in [-0.1, -0.05) is 30.3 Å². The van der Waals surface area contributed by atoms with Crippen LogP contribution in [0.25, 0.3) is 6.08 Å². The van der Waals surface area contributed by atoms with Crippen LogP contribution in [0.3, 0.4) is 0 Å². The number of para-hydroxylation sites is 1. The SMILES string of the molecule is COC(=O)c1ccc(/C=C/C(=O)O[C@@H](C)C(=O)Nc2c(C)cccc2C)cc1. The molecule has 6 heteroatoms. The second kappa shape index (κ2) is 9.50. The fraction of sp³-hybridized carbons (Fsp3) is 0.227. The van der Waals surface area contributed by atoms with Gasteiger partial charge < -0.3 is 14.8 Å². The largest absolute Gasteiger partial charge is 0.465 e. The first-order chi connectivity index (χ1) is 13.3. The molecule has 2 aromatic rings. The first-order valence-corrected chi connectivity index (χ1v) is 8.76. The Kier molecular flexibility index (Phi) is 7.09. The van der Waals surface area contributed by atoms with Crippen LogP contribution in [0.1, 0.15) is 34.0 Å². The molecule has 0 heterocycles. The number of rotatable bonds is 6. The molecule has 0 radical (unpaired) electrons. The van der Waals surface area contributed by atoms with Crippen LogP contribution in [-0.4, -0.2) is 31.1 Å². The van der Waals surface area contributed by atoms with Gasteiger partial charge in [0.1, 0.15) is 0 Å². The summed E-state index contributed by atoms with van der Waals surface area (Å²) in [5.41, 5.74) is 3.71. The molecule has 6 nitrogen and oxygen atoms in total. The number of nitrogens with one attached hydrogen (secondary N) is 1. The Hall–Kier alpha value is -3.41. The molecule has 0 saturated heterocycles. The standard InChI is InChI=1S/C22H23NO5/c1-14-6-5-7-15(2)20(14)23-21(25)16(3)28-19(24)13-10-17-8-11-18(12-9-17)22(26)27-4/h5-13,16H,1-4H3,(H,23,25)/b13-10+/t16-/m0/s1. The molecule has 0 fully saturated rings. The summed E-state index contributed by atoms with van der Waals surface area (Å²) in [6.07, 6.45) is 1.83. The third-order valence-corrected chi connectivity index (χ3v) is 4.14. The van der Waals surface area contributed by atoms with Gasteiger partial charge in [-0.2, -0.15) is 0 Å². The summed E-state index contributed by atoms with van der Waals surface area (Å²) in [6.45, 7) is 5.31. The van der Waals surface area contributed by atoms with E-state index in [0.29, 0.717) is 11.1 Å². The molecule has 28 heavy (non-hydrogen) atoms. The van der Waals surface area contributed by atoms with Gasteiger partial charge in [-0.05, 0) is 55.7 Å². The lowest BCUT2D eigenvalue weighted by Gasteiger charge is -2.15. The minimum Gasteiger partial charge on any atom is -0.465 e. The van der Waals surface area contributed by atoms with Crippen molar-refractivity contribution in [2.75, 3.05) is 12.4 Å². The quantitative estimate of drug-likeness (QED) is 0.610. The van der Waals surface area contributed by atoms with E-state index in [1.165, 1.54) is 20.1 Å². The van der Waals surface area contributed by atoms with E-state index in [0.717, 1.165) is 16.8 Å². The van der Waals surface area contributed by atoms with E-state index in [1.54, 1.807) is 30.3 Å². The lowest BCUT2D eigenvalue weighted by atomic mass is 10.1. The van der Waals surface area contributed by atoms with Gasteiger partial charge in [-0.15, -0.1) is 0 Å². The number of carbonyl (C=O) groups excluding carboxylic acids is 3. The normalized spacial score (nSPS) is 11.7. The van der Waals surface area contributed by atoms with Crippen molar-refractivity contribution in [1.29, 1.82) is 0 Å². The first kappa shape index (κ1) is 20.9. The minimum absolute atomic E-state index is 0.401. The monoisotopic (exact) mass is 381 g/mol. The maximum atomic E-state index is 12.3. The van der Waals surface area contributed by atoms with Crippen LogP contribution in [0.5, 0.6) is 0 Å². The van der Waals surface area contributed by atoms with Gasteiger partial charge in [0, 0.05) is 11.8 Å². The number of methoxy groups -OCH3 is 1. The summed E-state index contributed by atoms with van der Waals surface area (Å²) >= 11 is 0. The predicted octanol–water partition coefficient (Wildman–Crippen LogP) is 3.67. The second-order valence-electron chi connectivity index (χ2n) is 6.28. The fourth-order valence-electron chi connectivity index (χ4n) is 2.52. The summed E-state index contributed by atoms with van der Waals surface area (Å²) < 4.78 is 9.78. The third-order valence-electron chi connectivity index (χ3n) is 4.14. The Morgan fingerprint density at radius 3 is 2.18 bits per heavy atom. The van der Waals surface area contributed by atoms with E-state index < -0.39 is 23.9 Å². The summed E-state index contributed by atoms with van der Waals surface area (Å²) in [7, 11) is 1.31. The molecular weight excluding hydrogens is 358 g/mol. The maximum Gasteiger partial charge on any atom is 0.337 e. The van der Waals surface area contributed by atoms with Crippen LogP contribution >= 0.6 is 0 Å². The number of ether oxygens (including phenoxy) is 2. The van der Waals surface area contributed by atoms with Crippen LogP contribution in [0.2, 0.25) is 0 Å². The van der Waals surface area contributed by atoms with E-state index in [-0.39, 0.29) is 0 Å². The van der Waals surface area contributed by atoms with E-state index in [1.807, 2.05) is 32.0 Å². The molecule has 146 valence electrons. The van der Waals surface area contributed by atoms with Gasteiger partial charge in [0.25, 0.3) is 5.91 Å². The maximum absolute atomic E-state index is 12.3. The highest BCUT2D eigenvalue weighted by molar-refractivity contribution is 5.97. The zero-order valence-corrected chi connectivity index (χ0v) is 16.3. The van der Waals surface area contributed by atoms with Gasteiger partial charge >= 0.3 is 11.9 Å². The highest BCUT2D eigenvalue weighted by Gasteiger charge is 2.18. The number of anilines is 1. The zero-order chi connectivity index (χ0) is 20.7. The molecule has 0 saturated carbocycles. The Morgan fingerprint density at radius 1 is 1.00 bits per heavy atom. The molecule has 1 N–H and O–H groups in total. The molecule has 0 aliphatic carbocycles. The van der Waals surface area contributed by atoms with E-state index >= 15 is 0 Å². The molecule has 0 spiro atoms. The van der Waals surface area contributed by atoms with Gasteiger partial charge in [-0.3, -0.25) is 4.79 Å². The van der Waals surface area contributed by atoms with Crippen molar-refractivity contribution in [1.82, 2.24) is 0 Å². The van der Waals surface area contributed by atoms with Gasteiger partial charge in [-0.25, -0.2) is 9.59 Å². The zero-order valence-electron chi connectivity index (χ0n) is 16.3. The Bertz CT molecular complexity index is 879. The van der Waals surface area contributed by atoms with E-state index in [9.17, 15) is 14.4 Å². The summed E-state index contributed by atoms with van der Waals surface area (Å²) in [5, 5.41) is 2.80.